The maximum atomic E-state index is 14.1. The largest absolute Gasteiger partial charge is 0.444 e. The van der Waals surface area contributed by atoms with Crippen LogP contribution in [0.4, 0.5) is 4.39 Å². The smallest absolute Gasteiger partial charge is 0.226 e. The number of hydrogen-bond donors (Lipinski definition) is 0. The van der Waals surface area contributed by atoms with Gasteiger partial charge in [-0.2, -0.15) is 0 Å². The van der Waals surface area contributed by atoms with E-state index in [4.69, 9.17) is 9.40 Å². The van der Waals surface area contributed by atoms with Crippen LogP contribution >= 0.6 is 0 Å². The Bertz CT molecular complexity index is 1190. The predicted octanol–water partition coefficient (Wildman–Crippen LogP) is 5.18. The van der Waals surface area contributed by atoms with Crippen LogP contribution in [-0.2, 0) is 13.1 Å². The summed E-state index contributed by atoms with van der Waals surface area (Å²) in [5.74, 6) is 0.998. The van der Waals surface area contributed by atoms with Gasteiger partial charge in [0.25, 0.3) is 0 Å². The van der Waals surface area contributed by atoms with Gasteiger partial charge in [0.2, 0.25) is 5.89 Å². The molecule has 0 N–H and O–H groups in total. The summed E-state index contributed by atoms with van der Waals surface area (Å²) in [4.78, 5) is 7.24. The van der Waals surface area contributed by atoms with E-state index >= 15 is 0 Å². The SMILES string of the molecule is Fc1ccc2c(c1)c1c(n2Cc2coc(-c3ccccc3)n2)C2CCN(CC2)C1. The molecule has 1 saturated heterocycles. The van der Waals surface area contributed by atoms with Gasteiger partial charge < -0.3 is 8.98 Å². The zero-order valence-electron chi connectivity index (χ0n) is 16.1. The van der Waals surface area contributed by atoms with Crippen LogP contribution in [0.3, 0.4) is 0 Å². The van der Waals surface area contributed by atoms with Gasteiger partial charge in [-0.1, -0.05) is 18.2 Å². The molecule has 4 nitrogen and oxygen atoms in total. The normalized spacial score (nSPS) is 20.7. The fourth-order valence-corrected chi connectivity index (χ4v) is 5.06. The third-order valence-corrected chi connectivity index (χ3v) is 6.42. The Kier molecular flexibility index (Phi) is 3.84. The lowest BCUT2D eigenvalue weighted by Gasteiger charge is -2.27. The first kappa shape index (κ1) is 17.0. The van der Waals surface area contributed by atoms with Crippen molar-refractivity contribution in [3.05, 3.63) is 77.6 Å². The minimum Gasteiger partial charge on any atom is -0.444 e. The van der Waals surface area contributed by atoms with Gasteiger partial charge in [0.1, 0.15) is 12.1 Å². The van der Waals surface area contributed by atoms with Crippen LogP contribution in [0.25, 0.3) is 22.4 Å². The fourth-order valence-electron chi connectivity index (χ4n) is 5.06. The standard InChI is InChI=1S/C24H22FN3O/c25-18-6-7-22-20(12-18)21-14-27-10-8-16(9-11-27)23(21)28(22)13-19-15-29-24(26-19)17-4-2-1-3-5-17/h1-7,12,15-16H,8-11,13-14H2. The molecule has 2 aromatic heterocycles. The maximum Gasteiger partial charge on any atom is 0.226 e. The summed E-state index contributed by atoms with van der Waals surface area (Å²) >= 11 is 0. The van der Waals surface area contributed by atoms with E-state index in [0.717, 1.165) is 41.8 Å². The lowest BCUT2D eigenvalue weighted by atomic mass is 9.94. The molecule has 0 atom stereocenters. The summed E-state index contributed by atoms with van der Waals surface area (Å²) in [6.45, 7) is 3.80. The molecule has 0 spiro atoms. The van der Waals surface area contributed by atoms with Crippen LogP contribution in [0, 0.1) is 5.82 Å². The second-order valence-electron chi connectivity index (χ2n) is 8.17. The lowest BCUT2D eigenvalue weighted by molar-refractivity contribution is 0.219. The van der Waals surface area contributed by atoms with E-state index < -0.39 is 0 Å². The molecule has 1 fully saturated rings. The second-order valence-corrected chi connectivity index (χ2v) is 8.17. The van der Waals surface area contributed by atoms with Crippen LogP contribution in [0.5, 0.6) is 0 Å². The van der Waals surface area contributed by atoms with Crippen LogP contribution in [0.2, 0.25) is 0 Å². The van der Waals surface area contributed by atoms with Crippen LogP contribution < -0.4 is 0 Å². The van der Waals surface area contributed by atoms with Crippen molar-refractivity contribution in [2.45, 2.75) is 31.8 Å². The van der Waals surface area contributed by atoms with Gasteiger partial charge in [-0.15, -0.1) is 0 Å². The van der Waals surface area contributed by atoms with Crippen molar-refractivity contribution < 1.29 is 8.81 Å². The van der Waals surface area contributed by atoms with Gasteiger partial charge in [0.15, 0.2) is 0 Å². The molecular formula is C24H22FN3O. The minimum atomic E-state index is -0.170. The molecule has 0 unspecified atom stereocenters. The molecule has 0 aliphatic carbocycles. The maximum absolute atomic E-state index is 14.1. The summed E-state index contributed by atoms with van der Waals surface area (Å²) in [6.07, 6.45) is 4.08. The third-order valence-electron chi connectivity index (χ3n) is 6.42. The second kappa shape index (κ2) is 6.56. The van der Waals surface area contributed by atoms with Gasteiger partial charge in [-0.25, -0.2) is 9.37 Å². The number of nitrogens with zero attached hydrogens (tertiary/aromatic N) is 3. The number of fused-ring (bicyclic) bond motifs is 3. The number of halogens is 1. The molecule has 3 aliphatic rings. The quantitative estimate of drug-likeness (QED) is 0.486. The Hall–Kier alpha value is -2.92. The lowest BCUT2D eigenvalue weighted by Crippen LogP contribution is -2.29. The van der Waals surface area contributed by atoms with Crippen molar-refractivity contribution in [3.8, 4) is 11.5 Å². The topological polar surface area (TPSA) is 34.2 Å². The highest BCUT2D eigenvalue weighted by Crippen LogP contribution is 2.41. The van der Waals surface area contributed by atoms with Crippen LogP contribution in [-0.4, -0.2) is 27.5 Å². The van der Waals surface area contributed by atoms with E-state index in [9.17, 15) is 4.39 Å². The minimum absolute atomic E-state index is 0.170. The van der Waals surface area contributed by atoms with Gasteiger partial charge in [-0.05, 0) is 61.8 Å². The van der Waals surface area contributed by atoms with Crippen molar-refractivity contribution in [2.75, 3.05) is 13.1 Å². The molecule has 0 amide bonds. The molecule has 3 aliphatic heterocycles. The first-order valence-electron chi connectivity index (χ1n) is 10.3. The highest BCUT2D eigenvalue weighted by atomic mass is 19.1. The third kappa shape index (κ3) is 2.80. The Labute approximate surface area is 168 Å². The van der Waals surface area contributed by atoms with E-state index in [1.807, 2.05) is 36.4 Å². The van der Waals surface area contributed by atoms with Gasteiger partial charge in [-0.3, -0.25) is 4.90 Å². The van der Waals surface area contributed by atoms with Gasteiger partial charge in [0.05, 0.1) is 12.2 Å². The molecule has 7 rings (SSSR count). The molecule has 4 aromatic rings. The van der Waals surface area contributed by atoms with E-state index in [2.05, 4.69) is 9.47 Å². The molecule has 2 aromatic carbocycles. The van der Waals surface area contributed by atoms with Crippen molar-refractivity contribution in [1.82, 2.24) is 14.5 Å². The monoisotopic (exact) mass is 387 g/mol. The first-order valence-corrected chi connectivity index (χ1v) is 10.3. The Morgan fingerprint density at radius 3 is 2.72 bits per heavy atom. The first-order chi connectivity index (χ1) is 14.3. The van der Waals surface area contributed by atoms with E-state index in [1.165, 1.54) is 24.1 Å². The Morgan fingerprint density at radius 2 is 1.90 bits per heavy atom. The number of rotatable bonds is 3. The summed E-state index contributed by atoms with van der Waals surface area (Å²) in [6, 6.07) is 15.1. The highest BCUT2D eigenvalue weighted by Gasteiger charge is 2.33. The summed E-state index contributed by atoms with van der Waals surface area (Å²) in [5.41, 5.74) is 5.63. The zero-order chi connectivity index (χ0) is 19.4. The number of piperidine rings is 1. The van der Waals surface area contributed by atoms with E-state index in [1.54, 1.807) is 18.4 Å². The molecule has 146 valence electrons. The Morgan fingerprint density at radius 1 is 1.07 bits per heavy atom. The molecule has 5 heterocycles. The van der Waals surface area contributed by atoms with Crippen molar-refractivity contribution in [1.29, 1.82) is 0 Å². The van der Waals surface area contributed by atoms with E-state index in [0.29, 0.717) is 18.4 Å². The molecule has 2 bridgehead atoms. The predicted molar refractivity (Wildman–Crippen MR) is 110 cm³/mol. The van der Waals surface area contributed by atoms with Gasteiger partial charge in [0, 0.05) is 34.6 Å². The average Bonchev–Trinajstić information content (AvgIpc) is 3.22. The van der Waals surface area contributed by atoms with Crippen LogP contribution in [0.1, 0.15) is 35.7 Å². The molecule has 5 heteroatoms. The van der Waals surface area contributed by atoms with Crippen molar-refractivity contribution in [3.63, 3.8) is 0 Å². The number of oxazole rings is 1. The number of hydrogen-bond acceptors (Lipinski definition) is 3. The van der Waals surface area contributed by atoms with Crippen molar-refractivity contribution in [2.24, 2.45) is 0 Å². The molecule has 0 radical (unpaired) electrons. The molecular weight excluding hydrogens is 365 g/mol. The summed E-state index contributed by atoms with van der Waals surface area (Å²) in [7, 11) is 0. The number of benzene rings is 2. The molecule has 29 heavy (non-hydrogen) atoms. The summed E-state index contributed by atoms with van der Waals surface area (Å²) < 4.78 is 22.2. The van der Waals surface area contributed by atoms with Crippen molar-refractivity contribution >= 4 is 10.9 Å². The molecule has 0 saturated carbocycles. The van der Waals surface area contributed by atoms with Gasteiger partial charge >= 0.3 is 0 Å². The zero-order valence-corrected chi connectivity index (χ0v) is 16.1. The Balaban J connectivity index is 1.47. The average molecular weight is 387 g/mol. The fraction of sp³-hybridized carbons (Fsp3) is 0.292. The number of aromatic nitrogens is 2. The highest BCUT2D eigenvalue weighted by molar-refractivity contribution is 5.86. The van der Waals surface area contributed by atoms with E-state index in [-0.39, 0.29) is 5.82 Å². The summed E-state index contributed by atoms with van der Waals surface area (Å²) in [5, 5.41) is 1.05. The van der Waals surface area contributed by atoms with Crippen LogP contribution in [0.15, 0.2) is 59.2 Å².